The number of thioether (sulfide) groups is 1. The monoisotopic (exact) mass is 418 g/mol. The lowest BCUT2D eigenvalue weighted by Gasteiger charge is -2.21. The van der Waals surface area contributed by atoms with Gasteiger partial charge in [-0.3, -0.25) is 4.79 Å². The predicted octanol–water partition coefficient (Wildman–Crippen LogP) is 2.41. The molecule has 28 heavy (non-hydrogen) atoms. The number of carbonyl (C=O) groups excluding carboxylic acids is 1. The van der Waals surface area contributed by atoms with Crippen molar-refractivity contribution < 1.29 is 22.7 Å². The van der Waals surface area contributed by atoms with E-state index in [0.29, 0.717) is 36.0 Å². The number of carbonyl (C=O) groups is 1. The minimum atomic E-state index is -3.98. The Hall–Kier alpha value is -2.70. The molecule has 1 aliphatic heterocycles. The smallest absolute Gasteiger partial charge is 0.266 e. The Morgan fingerprint density at radius 1 is 1.14 bits per heavy atom. The van der Waals surface area contributed by atoms with E-state index >= 15 is 0 Å². The minimum Gasteiger partial charge on any atom is -0.486 e. The topological polar surface area (TPSA) is 96.7 Å². The second-order valence-corrected chi connectivity index (χ2v) is 8.93. The van der Waals surface area contributed by atoms with Crippen LogP contribution in [0.3, 0.4) is 0 Å². The van der Waals surface area contributed by atoms with Crippen LogP contribution in [0.25, 0.3) is 0 Å². The van der Waals surface area contributed by atoms with E-state index in [4.69, 9.17) is 14.7 Å². The third kappa shape index (κ3) is 4.40. The molecule has 1 heterocycles. The van der Waals surface area contributed by atoms with E-state index in [9.17, 15) is 13.2 Å². The summed E-state index contributed by atoms with van der Waals surface area (Å²) in [4.78, 5) is 12.3. The molecule has 0 radical (unpaired) electrons. The zero-order chi connectivity index (χ0) is 20.1. The van der Waals surface area contributed by atoms with Gasteiger partial charge >= 0.3 is 0 Å². The Kier molecular flexibility index (Phi) is 6.11. The van der Waals surface area contributed by atoms with Crippen molar-refractivity contribution in [2.24, 2.45) is 0 Å². The summed E-state index contributed by atoms with van der Waals surface area (Å²) in [6.07, 6.45) is 0. The predicted molar refractivity (Wildman–Crippen MR) is 105 cm³/mol. The van der Waals surface area contributed by atoms with Crippen LogP contribution in [0.5, 0.6) is 11.5 Å². The lowest BCUT2D eigenvalue weighted by molar-refractivity contribution is -0.122. The molecule has 9 heteroatoms. The number of fused-ring (bicyclic) bond motifs is 1. The maximum absolute atomic E-state index is 12.7. The maximum Gasteiger partial charge on any atom is 0.266 e. The van der Waals surface area contributed by atoms with Crippen molar-refractivity contribution >= 4 is 27.7 Å². The molecule has 0 aliphatic carbocycles. The number of ether oxygens (including phenoxy) is 2. The van der Waals surface area contributed by atoms with Crippen LogP contribution in [-0.2, 0) is 20.6 Å². The minimum absolute atomic E-state index is 0.0142. The zero-order valence-corrected chi connectivity index (χ0v) is 16.8. The van der Waals surface area contributed by atoms with E-state index in [2.05, 4.69) is 0 Å². The van der Waals surface area contributed by atoms with Gasteiger partial charge in [-0.25, -0.2) is 12.7 Å². The van der Waals surface area contributed by atoms with E-state index in [0.717, 1.165) is 9.87 Å². The molecular formula is C19H18N2O5S2. The molecule has 1 aliphatic rings. The molecule has 0 bridgehead atoms. The van der Waals surface area contributed by atoms with Gasteiger partial charge < -0.3 is 9.47 Å². The highest BCUT2D eigenvalue weighted by atomic mass is 32.2. The van der Waals surface area contributed by atoms with E-state index in [1.165, 1.54) is 37.0 Å². The van der Waals surface area contributed by atoms with Crippen LogP contribution in [0.1, 0.15) is 11.1 Å². The fraction of sp³-hybridized carbons (Fsp3) is 0.263. The fourth-order valence-electron chi connectivity index (χ4n) is 2.50. The second-order valence-electron chi connectivity index (χ2n) is 5.97. The standard InChI is InChI=1S/C19H18N2O5S2/c1-21(19(22)13-27-12-15-4-2-14(11-20)3-5-15)28(23,24)16-6-7-17-18(10-16)26-9-8-25-17/h2-7,10H,8-9,12-13H2,1H3. The van der Waals surface area contributed by atoms with Crippen LogP contribution in [0.4, 0.5) is 0 Å². The van der Waals surface area contributed by atoms with E-state index in [-0.39, 0.29) is 10.6 Å². The van der Waals surface area contributed by atoms with Gasteiger partial charge in [0.1, 0.15) is 13.2 Å². The van der Waals surface area contributed by atoms with E-state index < -0.39 is 15.9 Å². The summed E-state index contributed by atoms with van der Waals surface area (Å²) < 4.78 is 37.0. The number of benzene rings is 2. The molecule has 2 aromatic rings. The van der Waals surface area contributed by atoms with Gasteiger partial charge in [-0.2, -0.15) is 5.26 Å². The number of nitrogens with zero attached hydrogens (tertiary/aromatic N) is 2. The van der Waals surface area contributed by atoms with Crippen molar-refractivity contribution in [2.45, 2.75) is 10.6 Å². The molecule has 2 aromatic carbocycles. The van der Waals surface area contributed by atoms with Crippen LogP contribution in [0, 0.1) is 11.3 Å². The summed E-state index contributed by atoms with van der Waals surface area (Å²) in [6.45, 7) is 0.755. The quantitative estimate of drug-likeness (QED) is 0.711. The summed E-state index contributed by atoms with van der Waals surface area (Å²) in [5, 5.41) is 8.80. The summed E-state index contributed by atoms with van der Waals surface area (Å²) in [7, 11) is -2.73. The highest BCUT2D eigenvalue weighted by Gasteiger charge is 2.27. The molecule has 0 fully saturated rings. The van der Waals surface area contributed by atoms with Crippen LogP contribution < -0.4 is 9.47 Å². The SMILES string of the molecule is CN(C(=O)CSCc1ccc(C#N)cc1)S(=O)(=O)c1ccc2c(c1)OCCO2. The molecular weight excluding hydrogens is 400 g/mol. The van der Waals surface area contributed by atoms with Crippen molar-refractivity contribution in [3.63, 3.8) is 0 Å². The third-order valence-electron chi connectivity index (χ3n) is 4.10. The Labute approximate surface area is 167 Å². The molecule has 0 unspecified atom stereocenters. The summed E-state index contributed by atoms with van der Waals surface area (Å²) in [5.41, 5.74) is 1.52. The number of hydrogen-bond acceptors (Lipinski definition) is 7. The third-order valence-corrected chi connectivity index (χ3v) is 6.86. The highest BCUT2D eigenvalue weighted by molar-refractivity contribution is 7.99. The molecule has 0 saturated heterocycles. The van der Waals surface area contributed by atoms with Crippen molar-refractivity contribution in [3.05, 3.63) is 53.6 Å². The molecule has 0 saturated carbocycles. The Bertz CT molecular complexity index is 1010. The zero-order valence-electron chi connectivity index (χ0n) is 15.1. The number of rotatable bonds is 6. The maximum atomic E-state index is 12.7. The molecule has 0 aromatic heterocycles. The molecule has 146 valence electrons. The van der Waals surface area contributed by atoms with Gasteiger partial charge in [0.25, 0.3) is 10.0 Å². The van der Waals surface area contributed by atoms with Crippen LogP contribution in [0.2, 0.25) is 0 Å². The first-order chi connectivity index (χ1) is 13.4. The number of hydrogen-bond donors (Lipinski definition) is 0. The van der Waals surface area contributed by atoms with E-state index in [1.807, 2.05) is 18.2 Å². The molecule has 0 atom stereocenters. The molecule has 3 rings (SSSR count). The average Bonchev–Trinajstić information content (AvgIpc) is 2.73. The van der Waals surface area contributed by atoms with Crippen molar-refractivity contribution in [2.75, 3.05) is 26.0 Å². The van der Waals surface area contributed by atoms with Crippen LogP contribution in [-0.4, -0.2) is 44.6 Å². The summed E-state index contributed by atoms with van der Waals surface area (Å²) in [6, 6.07) is 13.4. The molecule has 0 spiro atoms. The first-order valence-electron chi connectivity index (χ1n) is 8.40. The Morgan fingerprint density at radius 3 is 2.50 bits per heavy atom. The Morgan fingerprint density at radius 2 is 1.82 bits per heavy atom. The van der Waals surface area contributed by atoms with E-state index in [1.54, 1.807) is 12.1 Å². The number of amides is 1. The van der Waals surface area contributed by atoms with Crippen LogP contribution >= 0.6 is 11.8 Å². The molecule has 1 amide bonds. The number of sulfonamides is 1. The Balaban J connectivity index is 1.62. The summed E-state index contributed by atoms with van der Waals surface area (Å²) in [5.74, 6) is 0.865. The van der Waals surface area contributed by atoms with Gasteiger partial charge in [-0.05, 0) is 29.8 Å². The lowest BCUT2D eigenvalue weighted by Crippen LogP contribution is -2.34. The average molecular weight is 418 g/mol. The lowest BCUT2D eigenvalue weighted by atomic mass is 10.2. The highest BCUT2D eigenvalue weighted by Crippen LogP contribution is 2.33. The van der Waals surface area contributed by atoms with Crippen molar-refractivity contribution in [1.29, 1.82) is 5.26 Å². The van der Waals surface area contributed by atoms with Gasteiger partial charge in [0, 0.05) is 18.9 Å². The van der Waals surface area contributed by atoms with Gasteiger partial charge in [0.05, 0.1) is 22.3 Å². The largest absolute Gasteiger partial charge is 0.486 e. The van der Waals surface area contributed by atoms with Crippen molar-refractivity contribution in [3.8, 4) is 17.6 Å². The normalized spacial score (nSPS) is 12.9. The fourth-order valence-corrected chi connectivity index (χ4v) is 4.62. The first-order valence-corrected chi connectivity index (χ1v) is 11.0. The molecule has 7 nitrogen and oxygen atoms in total. The number of nitriles is 1. The van der Waals surface area contributed by atoms with Gasteiger partial charge in [0.15, 0.2) is 11.5 Å². The summed E-state index contributed by atoms with van der Waals surface area (Å²) >= 11 is 1.31. The van der Waals surface area contributed by atoms with Crippen molar-refractivity contribution in [1.82, 2.24) is 4.31 Å². The van der Waals surface area contributed by atoms with Crippen LogP contribution in [0.15, 0.2) is 47.4 Å². The van der Waals surface area contributed by atoms with Gasteiger partial charge in [-0.15, -0.1) is 11.8 Å². The molecule has 0 N–H and O–H groups in total. The first kappa shape index (κ1) is 20.0. The second kappa shape index (κ2) is 8.54. The van der Waals surface area contributed by atoms with Gasteiger partial charge in [0.2, 0.25) is 5.91 Å². The van der Waals surface area contributed by atoms with Gasteiger partial charge in [-0.1, -0.05) is 12.1 Å².